The van der Waals surface area contributed by atoms with Gasteiger partial charge in [0, 0.05) is 18.2 Å². The third kappa shape index (κ3) is 4.60. The van der Waals surface area contributed by atoms with Gasteiger partial charge in [-0.05, 0) is 30.4 Å². The van der Waals surface area contributed by atoms with E-state index in [1.165, 1.54) is 11.8 Å². The Morgan fingerprint density at radius 3 is 2.48 bits per heavy atom. The molecular formula is C21H21ClN2OS2. The second-order valence-electron chi connectivity index (χ2n) is 6.28. The van der Waals surface area contributed by atoms with Crippen LogP contribution in [-0.2, 0) is 17.2 Å². The molecule has 2 unspecified atom stereocenters. The molecule has 0 saturated heterocycles. The number of nitrogens with zero attached hydrogens (tertiary/aromatic N) is 2. The van der Waals surface area contributed by atoms with Crippen molar-refractivity contribution in [3.63, 3.8) is 0 Å². The minimum Gasteiger partial charge on any atom is -0.254 e. The molecule has 0 saturated carbocycles. The molecule has 0 N–H and O–H groups in total. The average molecular weight is 417 g/mol. The van der Waals surface area contributed by atoms with Crippen molar-refractivity contribution >= 4 is 45.7 Å². The minimum atomic E-state index is -1.11. The number of amidine groups is 1. The number of aryl methyl sites for hydroxylation is 1. The summed E-state index contributed by atoms with van der Waals surface area (Å²) in [5.74, 6) is 0.604. The Bertz CT molecular complexity index is 954. The first-order valence-electron chi connectivity index (χ1n) is 8.50. The second-order valence-corrected chi connectivity index (χ2v) is 9.36. The highest BCUT2D eigenvalue weighted by Gasteiger charge is 2.38. The highest BCUT2D eigenvalue weighted by atomic mass is 35.5. The monoisotopic (exact) mass is 416 g/mol. The summed E-state index contributed by atoms with van der Waals surface area (Å²) in [7, 11) is -1.11. The fourth-order valence-corrected chi connectivity index (χ4v) is 4.64. The number of rotatable bonds is 6. The van der Waals surface area contributed by atoms with Crippen LogP contribution in [0.2, 0.25) is 0 Å². The number of halogens is 1. The van der Waals surface area contributed by atoms with Crippen LogP contribution in [0.3, 0.4) is 0 Å². The molecule has 0 aromatic heterocycles. The summed E-state index contributed by atoms with van der Waals surface area (Å²) < 4.78 is 12.8. The highest BCUT2D eigenvalue weighted by molar-refractivity contribution is 8.15. The molecule has 0 spiro atoms. The third-order valence-electron chi connectivity index (χ3n) is 4.36. The van der Waals surface area contributed by atoms with Crippen LogP contribution in [0.1, 0.15) is 16.7 Å². The predicted octanol–water partition coefficient (Wildman–Crippen LogP) is 4.96. The van der Waals surface area contributed by atoms with E-state index in [-0.39, 0.29) is 0 Å². The first-order valence-corrected chi connectivity index (χ1v) is 11.7. The van der Waals surface area contributed by atoms with Crippen LogP contribution < -0.4 is 0 Å². The van der Waals surface area contributed by atoms with Gasteiger partial charge in [0.1, 0.15) is 0 Å². The first-order chi connectivity index (χ1) is 12.9. The summed E-state index contributed by atoms with van der Waals surface area (Å²) in [6, 6.07) is 17.9. The number of benzene rings is 2. The molecule has 6 heteroatoms. The molecule has 0 amide bonds. The Balaban J connectivity index is 2.07. The largest absolute Gasteiger partial charge is 0.254 e. The zero-order chi connectivity index (χ0) is 19.4. The van der Waals surface area contributed by atoms with E-state index < -0.39 is 15.8 Å². The van der Waals surface area contributed by atoms with Gasteiger partial charge in [0.25, 0.3) is 0 Å². The molecule has 0 radical (unpaired) electrons. The van der Waals surface area contributed by atoms with Gasteiger partial charge in [-0.2, -0.15) is 0 Å². The van der Waals surface area contributed by atoms with Gasteiger partial charge in [0.2, 0.25) is 0 Å². The Morgan fingerprint density at radius 2 is 1.85 bits per heavy atom. The SMILES string of the molecule is CSC(=CC1=NC(c2ccccc2)=NC1(Cl)Cc1ccccc1C)S(C)=O. The third-order valence-corrected chi connectivity index (χ3v) is 7.18. The van der Waals surface area contributed by atoms with Crippen molar-refractivity contribution in [2.24, 2.45) is 9.98 Å². The van der Waals surface area contributed by atoms with Crippen LogP contribution in [0.4, 0.5) is 0 Å². The van der Waals surface area contributed by atoms with E-state index in [2.05, 4.69) is 19.1 Å². The van der Waals surface area contributed by atoms with Crippen LogP contribution in [0.5, 0.6) is 0 Å². The Hall–Kier alpha value is -1.69. The lowest BCUT2D eigenvalue weighted by molar-refractivity contribution is 0.691. The zero-order valence-corrected chi connectivity index (χ0v) is 17.9. The summed E-state index contributed by atoms with van der Waals surface area (Å²) in [5.41, 5.74) is 3.83. The minimum absolute atomic E-state index is 0.519. The van der Waals surface area contributed by atoms with Gasteiger partial charge < -0.3 is 0 Å². The normalized spacial score (nSPS) is 21.0. The first kappa shape index (κ1) is 20.1. The van der Waals surface area contributed by atoms with Gasteiger partial charge in [-0.1, -0.05) is 66.2 Å². The van der Waals surface area contributed by atoms with Gasteiger partial charge in [0.05, 0.1) is 20.7 Å². The molecular weight excluding hydrogens is 396 g/mol. The zero-order valence-electron chi connectivity index (χ0n) is 15.5. The average Bonchev–Trinajstić information content (AvgIpc) is 2.98. The van der Waals surface area contributed by atoms with Crippen LogP contribution in [0, 0.1) is 6.92 Å². The lowest BCUT2D eigenvalue weighted by Gasteiger charge is -2.20. The summed E-state index contributed by atoms with van der Waals surface area (Å²) in [5, 5.41) is 0. The number of aliphatic imine (C=N–C) groups is 2. The molecule has 2 atom stereocenters. The molecule has 1 heterocycles. The van der Waals surface area contributed by atoms with Gasteiger partial charge in [-0.15, -0.1) is 11.8 Å². The maximum absolute atomic E-state index is 12.0. The van der Waals surface area contributed by atoms with Crippen LogP contribution in [0.15, 0.2) is 74.9 Å². The molecule has 2 aromatic rings. The molecule has 0 bridgehead atoms. The molecule has 0 fully saturated rings. The quantitative estimate of drug-likeness (QED) is 0.493. The number of hydrogen-bond acceptors (Lipinski definition) is 4. The Labute approximate surface area is 172 Å². The number of hydrogen-bond donors (Lipinski definition) is 0. The number of thioether (sulfide) groups is 1. The predicted molar refractivity (Wildman–Crippen MR) is 120 cm³/mol. The number of alkyl halides is 1. The van der Waals surface area contributed by atoms with E-state index in [0.717, 1.165) is 20.9 Å². The maximum atomic E-state index is 12.0. The highest BCUT2D eigenvalue weighted by Crippen LogP contribution is 2.34. The molecule has 1 aliphatic heterocycles. The van der Waals surface area contributed by atoms with Crippen LogP contribution in [-0.4, -0.2) is 33.3 Å². The molecule has 27 heavy (non-hydrogen) atoms. The molecule has 0 aliphatic carbocycles. The topological polar surface area (TPSA) is 41.8 Å². The lowest BCUT2D eigenvalue weighted by atomic mass is 9.98. The summed E-state index contributed by atoms with van der Waals surface area (Å²) in [6.07, 6.45) is 5.91. The van der Waals surface area contributed by atoms with Crippen molar-refractivity contribution in [3.8, 4) is 0 Å². The lowest BCUT2D eigenvalue weighted by Crippen LogP contribution is -2.30. The summed E-state index contributed by atoms with van der Waals surface area (Å²) in [6.45, 7) is 2.06. The fraction of sp³-hybridized carbons (Fsp3) is 0.238. The van der Waals surface area contributed by atoms with Crippen molar-refractivity contribution < 1.29 is 4.21 Å². The summed E-state index contributed by atoms with van der Waals surface area (Å²) >= 11 is 8.47. The van der Waals surface area contributed by atoms with Gasteiger partial charge >= 0.3 is 0 Å². The van der Waals surface area contributed by atoms with Gasteiger partial charge in [0.15, 0.2) is 10.8 Å². The van der Waals surface area contributed by atoms with E-state index in [1.807, 2.05) is 54.8 Å². The van der Waals surface area contributed by atoms with Gasteiger partial charge in [-0.25, -0.2) is 9.98 Å². The van der Waals surface area contributed by atoms with Crippen molar-refractivity contribution in [1.29, 1.82) is 0 Å². The van der Waals surface area contributed by atoms with Crippen molar-refractivity contribution in [1.82, 2.24) is 0 Å². The Kier molecular flexibility index (Phi) is 6.35. The second kappa shape index (κ2) is 8.55. The molecule has 1 aliphatic rings. The fourth-order valence-electron chi connectivity index (χ4n) is 2.87. The molecule has 2 aromatic carbocycles. The summed E-state index contributed by atoms with van der Waals surface area (Å²) in [4.78, 5) is 8.48. The van der Waals surface area contributed by atoms with E-state index in [4.69, 9.17) is 21.6 Å². The smallest absolute Gasteiger partial charge is 0.182 e. The van der Waals surface area contributed by atoms with Crippen LogP contribution in [0.25, 0.3) is 0 Å². The van der Waals surface area contributed by atoms with E-state index in [1.54, 1.807) is 6.26 Å². The van der Waals surface area contributed by atoms with E-state index in [9.17, 15) is 4.21 Å². The molecule has 3 nitrogen and oxygen atoms in total. The molecule has 3 rings (SSSR count). The van der Waals surface area contributed by atoms with Crippen LogP contribution >= 0.6 is 23.4 Å². The van der Waals surface area contributed by atoms with Crippen molar-refractivity contribution in [2.75, 3.05) is 12.5 Å². The van der Waals surface area contributed by atoms with E-state index in [0.29, 0.717) is 18.0 Å². The Morgan fingerprint density at radius 1 is 1.19 bits per heavy atom. The van der Waals surface area contributed by atoms with Gasteiger partial charge in [-0.3, -0.25) is 4.21 Å². The maximum Gasteiger partial charge on any atom is 0.182 e. The standard InChI is InChI=1S/C21H21ClN2OS2/c1-15-9-7-8-12-17(15)14-21(22)18(13-19(26-2)27(3)25)23-20(24-21)16-10-5-4-6-11-16/h4-13H,14H2,1-3H3. The molecule has 140 valence electrons. The van der Waals surface area contributed by atoms with Crippen molar-refractivity contribution in [3.05, 3.63) is 81.6 Å². The van der Waals surface area contributed by atoms with E-state index >= 15 is 0 Å². The van der Waals surface area contributed by atoms with Crippen molar-refractivity contribution in [2.45, 2.75) is 18.3 Å².